The van der Waals surface area contributed by atoms with Crippen LogP contribution in [0.1, 0.15) is 34.2 Å². The van der Waals surface area contributed by atoms with Crippen LogP contribution in [0.4, 0.5) is 0 Å². The van der Waals surface area contributed by atoms with Gasteiger partial charge in [0.2, 0.25) is 0 Å². The van der Waals surface area contributed by atoms with Gasteiger partial charge in [-0.05, 0) is 44.5 Å². The lowest BCUT2D eigenvalue weighted by molar-refractivity contribution is 0.0936. The SMILES string of the molecule is Cc1cc(C)n(C[C@@H](C)NC(=O)c2ccc(CS(C)(=O)=O)cc2)n1. The summed E-state index contributed by atoms with van der Waals surface area (Å²) in [6, 6.07) is 8.54. The molecule has 1 atom stereocenters. The predicted octanol–water partition coefficient (Wildman–Crippen LogP) is 1.86. The number of hydrogen-bond donors (Lipinski definition) is 1. The summed E-state index contributed by atoms with van der Waals surface area (Å²) in [6.07, 6.45) is 1.19. The maximum Gasteiger partial charge on any atom is 0.251 e. The summed E-state index contributed by atoms with van der Waals surface area (Å²) in [6.45, 7) is 6.43. The van der Waals surface area contributed by atoms with E-state index in [1.165, 1.54) is 6.26 Å². The van der Waals surface area contributed by atoms with Crippen LogP contribution in [0.2, 0.25) is 0 Å². The standard InChI is InChI=1S/C17H23N3O3S/c1-12-9-14(3)20(19-12)10-13(2)18-17(21)16-7-5-15(6-8-16)11-24(4,22)23/h5-9,13H,10-11H2,1-4H3,(H,18,21)/t13-/m1/s1. The first-order chi connectivity index (χ1) is 11.1. The predicted molar refractivity (Wildman–Crippen MR) is 93.6 cm³/mol. The Labute approximate surface area is 142 Å². The van der Waals surface area contributed by atoms with E-state index < -0.39 is 9.84 Å². The maximum atomic E-state index is 12.3. The molecule has 2 rings (SSSR count). The fourth-order valence-electron chi connectivity index (χ4n) is 2.53. The highest BCUT2D eigenvalue weighted by molar-refractivity contribution is 7.89. The molecule has 1 N–H and O–H groups in total. The number of nitrogens with one attached hydrogen (secondary N) is 1. The number of sulfone groups is 1. The van der Waals surface area contributed by atoms with Crippen molar-refractivity contribution in [2.75, 3.05) is 6.26 Å². The number of carbonyl (C=O) groups is 1. The molecule has 7 heteroatoms. The number of benzene rings is 1. The molecule has 2 aromatic rings. The Balaban J connectivity index is 1.97. The molecule has 0 spiro atoms. The lowest BCUT2D eigenvalue weighted by atomic mass is 10.1. The van der Waals surface area contributed by atoms with E-state index in [2.05, 4.69) is 10.4 Å². The van der Waals surface area contributed by atoms with Gasteiger partial charge >= 0.3 is 0 Å². The van der Waals surface area contributed by atoms with Gasteiger partial charge in [0.15, 0.2) is 9.84 Å². The van der Waals surface area contributed by atoms with E-state index in [1.807, 2.05) is 31.5 Å². The van der Waals surface area contributed by atoms with Crippen molar-refractivity contribution < 1.29 is 13.2 Å². The van der Waals surface area contributed by atoms with Crippen LogP contribution in [-0.2, 0) is 22.1 Å². The molecular weight excluding hydrogens is 326 g/mol. The van der Waals surface area contributed by atoms with Crippen molar-refractivity contribution >= 4 is 15.7 Å². The first kappa shape index (κ1) is 18.2. The summed E-state index contributed by atoms with van der Waals surface area (Å²) < 4.78 is 24.4. The minimum atomic E-state index is -3.08. The minimum Gasteiger partial charge on any atom is -0.348 e. The number of carbonyl (C=O) groups excluding carboxylic acids is 1. The average Bonchev–Trinajstić information content (AvgIpc) is 2.75. The minimum absolute atomic E-state index is 0.0246. The van der Waals surface area contributed by atoms with Crippen molar-refractivity contribution in [1.29, 1.82) is 0 Å². The molecule has 0 unspecified atom stereocenters. The van der Waals surface area contributed by atoms with E-state index in [1.54, 1.807) is 24.3 Å². The zero-order chi connectivity index (χ0) is 17.9. The van der Waals surface area contributed by atoms with Gasteiger partial charge in [0.05, 0.1) is 18.0 Å². The summed E-state index contributed by atoms with van der Waals surface area (Å²) in [7, 11) is -3.08. The number of nitrogens with zero attached hydrogens (tertiary/aromatic N) is 2. The molecule has 130 valence electrons. The molecule has 0 radical (unpaired) electrons. The highest BCUT2D eigenvalue weighted by Crippen LogP contribution is 2.09. The Bertz CT molecular complexity index is 823. The van der Waals surface area contributed by atoms with Gasteiger partial charge in [-0.1, -0.05) is 12.1 Å². The highest BCUT2D eigenvalue weighted by atomic mass is 32.2. The highest BCUT2D eigenvalue weighted by Gasteiger charge is 2.12. The summed E-state index contributed by atoms with van der Waals surface area (Å²) in [5.41, 5.74) is 3.18. The Morgan fingerprint density at radius 2 is 1.88 bits per heavy atom. The van der Waals surface area contributed by atoms with Gasteiger partial charge in [-0.2, -0.15) is 5.10 Å². The average molecular weight is 349 g/mol. The van der Waals surface area contributed by atoms with E-state index in [9.17, 15) is 13.2 Å². The lowest BCUT2D eigenvalue weighted by Gasteiger charge is -2.15. The van der Waals surface area contributed by atoms with Gasteiger partial charge in [0, 0.05) is 23.6 Å². The van der Waals surface area contributed by atoms with E-state index in [-0.39, 0.29) is 17.7 Å². The van der Waals surface area contributed by atoms with Crippen LogP contribution in [0.25, 0.3) is 0 Å². The normalized spacial score (nSPS) is 12.8. The Morgan fingerprint density at radius 3 is 2.38 bits per heavy atom. The van der Waals surface area contributed by atoms with Crippen LogP contribution in [0.3, 0.4) is 0 Å². The third kappa shape index (κ3) is 5.19. The van der Waals surface area contributed by atoms with Crippen LogP contribution >= 0.6 is 0 Å². The molecule has 0 aliphatic carbocycles. The second-order valence-corrected chi connectivity index (χ2v) is 8.39. The first-order valence-corrected chi connectivity index (χ1v) is 9.78. The van der Waals surface area contributed by atoms with Crippen LogP contribution in [0.5, 0.6) is 0 Å². The van der Waals surface area contributed by atoms with E-state index in [0.29, 0.717) is 17.7 Å². The number of amides is 1. The smallest absolute Gasteiger partial charge is 0.251 e. The summed E-state index contributed by atoms with van der Waals surface area (Å²) in [4.78, 5) is 12.3. The topological polar surface area (TPSA) is 81.1 Å². The summed E-state index contributed by atoms with van der Waals surface area (Å²) in [5.74, 6) is -0.210. The van der Waals surface area contributed by atoms with Crippen LogP contribution in [0.15, 0.2) is 30.3 Å². The van der Waals surface area contributed by atoms with Crippen LogP contribution in [-0.4, -0.2) is 36.4 Å². The zero-order valence-corrected chi connectivity index (χ0v) is 15.2. The molecule has 0 saturated carbocycles. The van der Waals surface area contributed by atoms with Gasteiger partial charge in [0.25, 0.3) is 5.91 Å². The molecule has 1 amide bonds. The Hall–Kier alpha value is -2.15. The molecule has 0 bridgehead atoms. The quantitative estimate of drug-likeness (QED) is 0.863. The third-order valence-electron chi connectivity index (χ3n) is 3.57. The first-order valence-electron chi connectivity index (χ1n) is 7.72. The van der Waals surface area contributed by atoms with Crippen LogP contribution < -0.4 is 5.32 Å². The Kier molecular flexibility index (Phi) is 5.43. The van der Waals surface area contributed by atoms with Crippen molar-refractivity contribution in [1.82, 2.24) is 15.1 Å². The summed E-state index contributed by atoms with van der Waals surface area (Å²) in [5, 5.41) is 7.32. The van der Waals surface area contributed by atoms with Crippen molar-refractivity contribution in [2.24, 2.45) is 0 Å². The Morgan fingerprint density at radius 1 is 1.25 bits per heavy atom. The molecular formula is C17H23N3O3S. The van der Waals surface area contributed by atoms with Gasteiger partial charge in [-0.15, -0.1) is 0 Å². The van der Waals surface area contributed by atoms with Gasteiger partial charge in [-0.25, -0.2) is 8.42 Å². The fourth-order valence-corrected chi connectivity index (χ4v) is 3.32. The molecule has 1 aromatic carbocycles. The largest absolute Gasteiger partial charge is 0.348 e. The lowest BCUT2D eigenvalue weighted by Crippen LogP contribution is -2.36. The number of hydrogen-bond acceptors (Lipinski definition) is 4. The second kappa shape index (κ2) is 7.17. The molecule has 1 aromatic heterocycles. The molecule has 6 nitrogen and oxygen atoms in total. The monoisotopic (exact) mass is 349 g/mol. The van der Waals surface area contributed by atoms with Crippen molar-refractivity contribution in [3.63, 3.8) is 0 Å². The number of aryl methyl sites for hydroxylation is 2. The molecule has 1 heterocycles. The van der Waals surface area contributed by atoms with E-state index in [0.717, 1.165) is 11.4 Å². The zero-order valence-electron chi connectivity index (χ0n) is 14.4. The van der Waals surface area contributed by atoms with E-state index in [4.69, 9.17) is 0 Å². The fraction of sp³-hybridized carbons (Fsp3) is 0.412. The van der Waals surface area contributed by atoms with E-state index >= 15 is 0 Å². The van der Waals surface area contributed by atoms with Gasteiger partial charge in [-0.3, -0.25) is 9.48 Å². The second-order valence-electron chi connectivity index (χ2n) is 6.25. The number of rotatable bonds is 6. The molecule has 0 aliphatic rings. The number of aromatic nitrogens is 2. The molecule has 0 fully saturated rings. The summed E-state index contributed by atoms with van der Waals surface area (Å²) >= 11 is 0. The maximum absolute atomic E-state index is 12.3. The van der Waals surface area contributed by atoms with Gasteiger partial charge in [0.1, 0.15) is 0 Å². The molecule has 24 heavy (non-hydrogen) atoms. The third-order valence-corrected chi connectivity index (χ3v) is 4.43. The van der Waals surface area contributed by atoms with Crippen molar-refractivity contribution in [3.05, 3.63) is 52.8 Å². The van der Waals surface area contributed by atoms with Gasteiger partial charge < -0.3 is 5.32 Å². The molecule has 0 aliphatic heterocycles. The van der Waals surface area contributed by atoms with Crippen LogP contribution in [0, 0.1) is 13.8 Å². The molecule has 0 saturated heterocycles. The van der Waals surface area contributed by atoms with Crippen molar-refractivity contribution in [2.45, 2.75) is 39.1 Å². The van der Waals surface area contributed by atoms with Crippen molar-refractivity contribution in [3.8, 4) is 0 Å².